The van der Waals surface area contributed by atoms with Gasteiger partial charge in [0.1, 0.15) is 11.6 Å². The molecule has 0 atom stereocenters. The SMILES string of the molecule is Cc1cc(S(=O)(=O)Nc2ccc(F)c(-c3ccc4nc(N)ncc4c3)c2F)ccc1F. The first-order chi connectivity index (χ1) is 14.7. The second-order valence-corrected chi connectivity index (χ2v) is 8.48. The molecular weight excluding hydrogens is 429 g/mol. The van der Waals surface area contributed by atoms with Crippen molar-refractivity contribution < 1.29 is 21.6 Å². The third-order valence-corrected chi connectivity index (χ3v) is 6.03. The number of halogens is 3. The Morgan fingerprint density at radius 1 is 0.968 bits per heavy atom. The van der Waals surface area contributed by atoms with Crippen LogP contribution >= 0.6 is 0 Å². The van der Waals surface area contributed by atoms with Crippen LogP contribution in [-0.4, -0.2) is 18.4 Å². The van der Waals surface area contributed by atoms with Crippen molar-refractivity contribution in [1.29, 1.82) is 0 Å². The molecule has 31 heavy (non-hydrogen) atoms. The second-order valence-electron chi connectivity index (χ2n) is 6.80. The molecule has 0 fully saturated rings. The molecule has 0 aliphatic carbocycles. The zero-order valence-electron chi connectivity index (χ0n) is 16.0. The first kappa shape index (κ1) is 20.6. The lowest BCUT2D eigenvalue weighted by Gasteiger charge is -2.13. The van der Waals surface area contributed by atoms with Gasteiger partial charge in [0.15, 0.2) is 5.82 Å². The Morgan fingerprint density at radius 2 is 1.71 bits per heavy atom. The van der Waals surface area contributed by atoms with Crippen molar-refractivity contribution in [2.45, 2.75) is 11.8 Å². The zero-order valence-corrected chi connectivity index (χ0v) is 16.8. The summed E-state index contributed by atoms with van der Waals surface area (Å²) < 4.78 is 70.5. The van der Waals surface area contributed by atoms with Gasteiger partial charge in [-0.25, -0.2) is 31.6 Å². The number of benzene rings is 3. The molecule has 158 valence electrons. The Morgan fingerprint density at radius 3 is 2.45 bits per heavy atom. The van der Waals surface area contributed by atoms with E-state index < -0.39 is 38.7 Å². The Hall–Kier alpha value is -3.66. The van der Waals surface area contributed by atoms with Crippen molar-refractivity contribution in [1.82, 2.24) is 9.97 Å². The van der Waals surface area contributed by atoms with Crippen LogP contribution in [0.3, 0.4) is 0 Å². The van der Waals surface area contributed by atoms with Crippen molar-refractivity contribution in [2.75, 3.05) is 10.5 Å². The quantitative estimate of drug-likeness (QED) is 0.486. The van der Waals surface area contributed by atoms with Gasteiger partial charge in [-0.2, -0.15) is 0 Å². The molecular formula is C21H15F3N4O2S. The Bertz CT molecular complexity index is 1440. The number of aryl methyl sites for hydroxylation is 1. The van der Waals surface area contributed by atoms with Gasteiger partial charge in [-0.3, -0.25) is 4.72 Å². The summed E-state index contributed by atoms with van der Waals surface area (Å²) in [5, 5.41) is 0.498. The number of hydrogen-bond donors (Lipinski definition) is 2. The molecule has 0 aliphatic rings. The largest absolute Gasteiger partial charge is 0.368 e. The molecule has 6 nitrogen and oxygen atoms in total. The van der Waals surface area contributed by atoms with E-state index in [4.69, 9.17) is 5.73 Å². The predicted octanol–water partition coefficient (Wildman–Crippen LogP) is 4.41. The Kier molecular flexibility index (Phi) is 5.02. The molecule has 0 unspecified atom stereocenters. The van der Waals surface area contributed by atoms with E-state index in [9.17, 15) is 17.2 Å². The summed E-state index contributed by atoms with van der Waals surface area (Å²) in [6.45, 7) is 1.40. The van der Waals surface area contributed by atoms with Crippen LogP contribution in [0.5, 0.6) is 0 Å². The minimum absolute atomic E-state index is 0.0602. The fourth-order valence-corrected chi connectivity index (χ4v) is 4.23. The van der Waals surface area contributed by atoms with Gasteiger partial charge in [-0.15, -0.1) is 0 Å². The van der Waals surface area contributed by atoms with Gasteiger partial charge in [0.05, 0.1) is 21.7 Å². The third-order valence-electron chi connectivity index (χ3n) is 4.66. The van der Waals surface area contributed by atoms with Crippen LogP contribution in [0, 0.1) is 24.4 Å². The maximum absolute atomic E-state index is 15.2. The molecule has 0 bridgehead atoms. The molecule has 10 heteroatoms. The summed E-state index contributed by atoms with van der Waals surface area (Å²) in [6.07, 6.45) is 1.42. The molecule has 3 N–H and O–H groups in total. The van der Waals surface area contributed by atoms with Crippen molar-refractivity contribution in [3.8, 4) is 11.1 Å². The zero-order chi connectivity index (χ0) is 22.3. The highest BCUT2D eigenvalue weighted by Crippen LogP contribution is 2.33. The average Bonchev–Trinajstić information content (AvgIpc) is 2.72. The van der Waals surface area contributed by atoms with E-state index in [1.807, 2.05) is 0 Å². The van der Waals surface area contributed by atoms with Crippen molar-refractivity contribution in [3.63, 3.8) is 0 Å². The standard InChI is InChI=1S/C21H15F3N4O2S/c1-11-8-14(3-4-15(11)22)31(29,30)28-18-7-5-16(23)19(20(18)24)12-2-6-17-13(9-12)10-26-21(25)27-17/h2-10,28H,1H3,(H2,25,26,27). The lowest BCUT2D eigenvalue weighted by molar-refractivity contribution is 0.587. The number of nitrogens with zero attached hydrogens (tertiary/aromatic N) is 2. The van der Waals surface area contributed by atoms with E-state index in [1.165, 1.54) is 31.3 Å². The van der Waals surface area contributed by atoms with Gasteiger partial charge in [0.2, 0.25) is 5.95 Å². The minimum Gasteiger partial charge on any atom is -0.368 e. The lowest BCUT2D eigenvalue weighted by Crippen LogP contribution is -2.15. The summed E-state index contributed by atoms with van der Waals surface area (Å²) in [4.78, 5) is 7.64. The summed E-state index contributed by atoms with van der Waals surface area (Å²) >= 11 is 0. The van der Waals surface area contributed by atoms with Gasteiger partial charge in [-0.1, -0.05) is 6.07 Å². The maximum atomic E-state index is 15.2. The fourth-order valence-electron chi connectivity index (χ4n) is 3.09. The highest BCUT2D eigenvalue weighted by atomic mass is 32.2. The number of nitrogen functional groups attached to an aromatic ring is 1. The third kappa shape index (κ3) is 3.89. The molecule has 4 aromatic rings. The number of nitrogens with one attached hydrogen (secondary N) is 1. The molecule has 1 heterocycles. The molecule has 0 amide bonds. The summed E-state index contributed by atoms with van der Waals surface area (Å²) in [5.41, 5.74) is 5.42. The second kappa shape index (κ2) is 7.55. The number of aromatic nitrogens is 2. The van der Waals surface area contributed by atoms with E-state index in [0.29, 0.717) is 10.9 Å². The molecule has 4 rings (SSSR count). The first-order valence-electron chi connectivity index (χ1n) is 8.95. The first-order valence-corrected chi connectivity index (χ1v) is 10.4. The molecule has 1 aromatic heterocycles. The average molecular weight is 444 g/mol. The lowest BCUT2D eigenvalue weighted by atomic mass is 10.0. The molecule has 0 saturated heterocycles. The monoisotopic (exact) mass is 444 g/mol. The summed E-state index contributed by atoms with van der Waals surface area (Å²) in [5.74, 6) is -2.49. The van der Waals surface area contributed by atoms with Crippen LogP contribution in [0.25, 0.3) is 22.0 Å². The van der Waals surface area contributed by atoms with Crippen LogP contribution in [0.2, 0.25) is 0 Å². The highest BCUT2D eigenvalue weighted by molar-refractivity contribution is 7.92. The maximum Gasteiger partial charge on any atom is 0.261 e. The Balaban J connectivity index is 1.77. The number of nitrogens with two attached hydrogens (primary N) is 1. The van der Waals surface area contributed by atoms with E-state index in [-0.39, 0.29) is 22.0 Å². The number of fused-ring (bicyclic) bond motifs is 1. The van der Waals surface area contributed by atoms with Gasteiger partial charge < -0.3 is 5.73 Å². The molecule has 0 spiro atoms. The minimum atomic E-state index is -4.24. The highest BCUT2D eigenvalue weighted by Gasteiger charge is 2.21. The number of hydrogen-bond acceptors (Lipinski definition) is 5. The normalized spacial score (nSPS) is 11.6. The molecule has 0 radical (unpaired) electrons. The van der Waals surface area contributed by atoms with Crippen LogP contribution in [0.15, 0.2) is 59.6 Å². The predicted molar refractivity (Wildman–Crippen MR) is 111 cm³/mol. The van der Waals surface area contributed by atoms with E-state index >= 15 is 4.39 Å². The summed E-state index contributed by atoms with van der Waals surface area (Å²) in [6, 6.07) is 9.55. The van der Waals surface area contributed by atoms with Crippen LogP contribution in [-0.2, 0) is 10.0 Å². The summed E-state index contributed by atoms with van der Waals surface area (Å²) in [7, 11) is -4.24. The fraction of sp³-hybridized carbons (Fsp3) is 0.0476. The van der Waals surface area contributed by atoms with Gasteiger partial charge in [-0.05, 0) is 60.5 Å². The van der Waals surface area contributed by atoms with Gasteiger partial charge in [0.25, 0.3) is 10.0 Å². The number of anilines is 2. The molecule has 3 aromatic carbocycles. The van der Waals surface area contributed by atoms with Crippen molar-refractivity contribution in [3.05, 3.63) is 77.7 Å². The van der Waals surface area contributed by atoms with Crippen molar-refractivity contribution >= 4 is 32.6 Å². The van der Waals surface area contributed by atoms with Gasteiger partial charge >= 0.3 is 0 Å². The van der Waals surface area contributed by atoms with Crippen LogP contribution < -0.4 is 10.5 Å². The van der Waals surface area contributed by atoms with E-state index in [1.54, 1.807) is 0 Å². The molecule has 0 aliphatic heterocycles. The number of rotatable bonds is 4. The molecule has 0 saturated carbocycles. The number of sulfonamides is 1. The smallest absolute Gasteiger partial charge is 0.261 e. The van der Waals surface area contributed by atoms with Gasteiger partial charge in [0, 0.05) is 11.6 Å². The Labute approximate surface area is 175 Å². The van der Waals surface area contributed by atoms with Crippen LogP contribution in [0.4, 0.5) is 24.8 Å². The van der Waals surface area contributed by atoms with E-state index in [2.05, 4.69) is 14.7 Å². The van der Waals surface area contributed by atoms with Crippen LogP contribution in [0.1, 0.15) is 5.56 Å². The topological polar surface area (TPSA) is 98.0 Å². The van der Waals surface area contributed by atoms with Crippen molar-refractivity contribution in [2.24, 2.45) is 0 Å². The van der Waals surface area contributed by atoms with E-state index in [0.717, 1.165) is 30.3 Å².